The van der Waals surface area contributed by atoms with Crippen molar-refractivity contribution >= 4 is 22.7 Å². The standard InChI is InChI=1S/C10H10N4O2S/c1-7-6-17-10(13-7)5-12-8-2-3-11-4-9(8)14(15)16/h2-4,6H,5H2,1H3,(H,11,12). The third-order valence-electron chi connectivity index (χ3n) is 2.09. The van der Waals surface area contributed by atoms with Gasteiger partial charge in [-0.05, 0) is 13.0 Å². The van der Waals surface area contributed by atoms with Crippen LogP contribution in [-0.4, -0.2) is 14.9 Å². The molecule has 6 nitrogen and oxygen atoms in total. The Morgan fingerprint density at radius 1 is 1.59 bits per heavy atom. The largest absolute Gasteiger partial charge is 0.373 e. The summed E-state index contributed by atoms with van der Waals surface area (Å²) in [5, 5.41) is 16.6. The highest BCUT2D eigenvalue weighted by atomic mass is 32.1. The molecular weight excluding hydrogens is 240 g/mol. The first-order valence-corrected chi connectivity index (χ1v) is 5.78. The van der Waals surface area contributed by atoms with Gasteiger partial charge in [0.05, 0.1) is 11.5 Å². The van der Waals surface area contributed by atoms with Crippen LogP contribution in [0.5, 0.6) is 0 Å². The quantitative estimate of drug-likeness (QED) is 0.665. The highest BCUT2D eigenvalue weighted by Gasteiger charge is 2.12. The lowest BCUT2D eigenvalue weighted by atomic mass is 10.3. The first-order chi connectivity index (χ1) is 8.16. The number of aryl methyl sites for hydroxylation is 1. The maximum Gasteiger partial charge on any atom is 0.310 e. The number of nitrogens with zero attached hydrogens (tertiary/aromatic N) is 3. The van der Waals surface area contributed by atoms with Gasteiger partial charge in [0, 0.05) is 17.3 Å². The predicted octanol–water partition coefficient (Wildman–Crippen LogP) is 2.37. The van der Waals surface area contributed by atoms with Crippen LogP contribution in [0.15, 0.2) is 23.8 Å². The molecule has 0 atom stereocenters. The zero-order valence-corrected chi connectivity index (χ0v) is 9.90. The number of hydrogen-bond acceptors (Lipinski definition) is 6. The minimum absolute atomic E-state index is 0.0271. The lowest BCUT2D eigenvalue weighted by Gasteiger charge is -2.03. The Morgan fingerprint density at radius 2 is 2.41 bits per heavy atom. The predicted molar refractivity (Wildman–Crippen MR) is 65.1 cm³/mol. The maximum absolute atomic E-state index is 10.7. The second kappa shape index (κ2) is 4.88. The van der Waals surface area contributed by atoms with E-state index < -0.39 is 4.92 Å². The Labute approximate surface area is 102 Å². The lowest BCUT2D eigenvalue weighted by Crippen LogP contribution is -2.02. The van der Waals surface area contributed by atoms with Crippen LogP contribution in [0.2, 0.25) is 0 Å². The monoisotopic (exact) mass is 250 g/mol. The van der Waals surface area contributed by atoms with Crippen molar-refractivity contribution in [2.75, 3.05) is 5.32 Å². The Hall–Kier alpha value is -2.02. The summed E-state index contributed by atoms with van der Waals surface area (Å²) in [4.78, 5) is 18.3. The maximum atomic E-state index is 10.7. The Kier molecular flexibility index (Phi) is 3.29. The normalized spacial score (nSPS) is 10.2. The van der Waals surface area contributed by atoms with E-state index in [2.05, 4.69) is 15.3 Å². The molecule has 0 radical (unpaired) electrons. The number of pyridine rings is 1. The summed E-state index contributed by atoms with van der Waals surface area (Å²) in [5.74, 6) is 0. The summed E-state index contributed by atoms with van der Waals surface area (Å²) in [6.07, 6.45) is 2.75. The van der Waals surface area contributed by atoms with Gasteiger partial charge >= 0.3 is 5.69 Å². The van der Waals surface area contributed by atoms with Gasteiger partial charge in [0.15, 0.2) is 0 Å². The van der Waals surface area contributed by atoms with Crippen LogP contribution < -0.4 is 5.32 Å². The summed E-state index contributed by atoms with van der Waals surface area (Å²) in [7, 11) is 0. The summed E-state index contributed by atoms with van der Waals surface area (Å²) < 4.78 is 0. The minimum Gasteiger partial charge on any atom is -0.373 e. The topological polar surface area (TPSA) is 81.0 Å². The van der Waals surface area contributed by atoms with E-state index in [-0.39, 0.29) is 5.69 Å². The average molecular weight is 250 g/mol. The van der Waals surface area contributed by atoms with Crippen molar-refractivity contribution in [3.05, 3.63) is 44.7 Å². The third-order valence-corrected chi connectivity index (χ3v) is 3.06. The number of nitrogens with one attached hydrogen (secondary N) is 1. The smallest absolute Gasteiger partial charge is 0.310 e. The molecule has 17 heavy (non-hydrogen) atoms. The van der Waals surface area contributed by atoms with Crippen LogP contribution in [0.3, 0.4) is 0 Å². The van der Waals surface area contributed by atoms with Crippen molar-refractivity contribution in [1.82, 2.24) is 9.97 Å². The first kappa shape index (κ1) is 11.5. The first-order valence-electron chi connectivity index (χ1n) is 4.90. The van der Waals surface area contributed by atoms with E-state index in [0.717, 1.165) is 10.7 Å². The van der Waals surface area contributed by atoms with Crippen LogP contribution in [0.25, 0.3) is 0 Å². The number of anilines is 1. The fourth-order valence-corrected chi connectivity index (χ4v) is 2.05. The zero-order valence-electron chi connectivity index (χ0n) is 9.08. The third kappa shape index (κ3) is 2.76. The summed E-state index contributed by atoms with van der Waals surface area (Å²) >= 11 is 1.52. The van der Waals surface area contributed by atoms with E-state index in [1.807, 2.05) is 12.3 Å². The number of nitro groups is 1. The molecule has 0 saturated heterocycles. The van der Waals surface area contributed by atoms with E-state index >= 15 is 0 Å². The molecule has 0 fully saturated rings. The van der Waals surface area contributed by atoms with Gasteiger partial charge in [-0.15, -0.1) is 11.3 Å². The molecular formula is C10H10N4O2S. The molecule has 0 bridgehead atoms. The van der Waals surface area contributed by atoms with Crippen LogP contribution in [0.4, 0.5) is 11.4 Å². The van der Waals surface area contributed by atoms with Crippen molar-refractivity contribution in [2.45, 2.75) is 13.5 Å². The molecule has 0 aliphatic heterocycles. The van der Waals surface area contributed by atoms with Crippen molar-refractivity contribution in [1.29, 1.82) is 0 Å². The Bertz CT molecular complexity index is 541. The van der Waals surface area contributed by atoms with Gasteiger partial charge in [-0.2, -0.15) is 0 Å². The van der Waals surface area contributed by atoms with Gasteiger partial charge in [-0.3, -0.25) is 15.1 Å². The van der Waals surface area contributed by atoms with Gasteiger partial charge in [-0.1, -0.05) is 0 Å². The van der Waals surface area contributed by atoms with Gasteiger partial charge in [0.1, 0.15) is 16.9 Å². The molecule has 2 rings (SSSR count). The molecule has 0 saturated carbocycles. The minimum atomic E-state index is -0.456. The van der Waals surface area contributed by atoms with E-state index in [4.69, 9.17) is 0 Å². The van der Waals surface area contributed by atoms with Gasteiger partial charge in [-0.25, -0.2) is 4.98 Å². The molecule has 7 heteroatoms. The van der Waals surface area contributed by atoms with Crippen molar-refractivity contribution in [2.24, 2.45) is 0 Å². The second-order valence-corrected chi connectivity index (χ2v) is 4.33. The summed E-state index contributed by atoms with van der Waals surface area (Å²) in [5.41, 5.74) is 1.38. The van der Waals surface area contributed by atoms with E-state index in [1.165, 1.54) is 23.7 Å². The molecule has 0 spiro atoms. The number of thiazole rings is 1. The van der Waals surface area contributed by atoms with Crippen LogP contribution >= 0.6 is 11.3 Å². The van der Waals surface area contributed by atoms with Gasteiger partial charge in [0.25, 0.3) is 0 Å². The molecule has 0 unspecified atom stereocenters. The highest BCUT2D eigenvalue weighted by Crippen LogP contribution is 2.22. The summed E-state index contributed by atoms with van der Waals surface area (Å²) in [6, 6.07) is 1.58. The number of hydrogen-bond donors (Lipinski definition) is 1. The van der Waals surface area contributed by atoms with Crippen LogP contribution in [0, 0.1) is 17.0 Å². The fourth-order valence-electron chi connectivity index (χ4n) is 1.34. The zero-order chi connectivity index (χ0) is 12.3. The molecule has 88 valence electrons. The second-order valence-electron chi connectivity index (χ2n) is 3.39. The van der Waals surface area contributed by atoms with E-state index in [9.17, 15) is 10.1 Å². The Morgan fingerprint density at radius 3 is 3.06 bits per heavy atom. The van der Waals surface area contributed by atoms with Crippen LogP contribution in [-0.2, 0) is 6.54 Å². The van der Waals surface area contributed by atoms with E-state index in [0.29, 0.717) is 12.2 Å². The average Bonchev–Trinajstić information content (AvgIpc) is 2.73. The molecule has 1 N–H and O–H groups in total. The van der Waals surface area contributed by atoms with Gasteiger partial charge in [0.2, 0.25) is 0 Å². The molecule has 0 aliphatic carbocycles. The molecule has 2 heterocycles. The highest BCUT2D eigenvalue weighted by molar-refractivity contribution is 7.09. The van der Waals surface area contributed by atoms with Crippen molar-refractivity contribution in [3.63, 3.8) is 0 Å². The Balaban J connectivity index is 2.11. The lowest BCUT2D eigenvalue weighted by molar-refractivity contribution is -0.384. The van der Waals surface area contributed by atoms with Crippen molar-refractivity contribution in [3.8, 4) is 0 Å². The fraction of sp³-hybridized carbons (Fsp3) is 0.200. The number of aromatic nitrogens is 2. The molecule has 2 aromatic rings. The molecule has 0 aromatic carbocycles. The van der Waals surface area contributed by atoms with Crippen LogP contribution in [0.1, 0.15) is 10.7 Å². The summed E-state index contributed by atoms with van der Waals surface area (Å²) in [6.45, 7) is 2.39. The molecule has 0 amide bonds. The van der Waals surface area contributed by atoms with E-state index in [1.54, 1.807) is 6.07 Å². The van der Waals surface area contributed by atoms with Crippen molar-refractivity contribution < 1.29 is 4.92 Å². The SMILES string of the molecule is Cc1csc(CNc2ccncc2[N+](=O)[O-])n1. The van der Waals surface area contributed by atoms with Gasteiger partial charge < -0.3 is 5.32 Å². The molecule has 0 aliphatic rings. The number of rotatable bonds is 4. The molecule has 2 aromatic heterocycles.